The van der Waals surface area contributed by atoms with E-state index in [1.165, 1.54) is 6.21 Å². The Labute approximate surface area is 87.0 Å². The summed E-state index contributed by atoms with van der Waals surface area (Å²) >= 11 is 0. The third-order valence-corrected chi connectivity index (χ3v) is 1.81. The quantitative estimate of drug-likeness (QED) is 0.752. The Kier molecular flexibility index (Phi) is 2.69. The minimum Gasteiger partial charge on any atom is -0.507 e. The molecule has 2 rings (SSSR count). The van der Waals surface area contributed by atoms with E-state index in [0.29, 0.717) is 11.5 Å². The summed E-state index contributed by atoms with van der Waals surface area (Å²) in [6.07, 6.45) is 4.76. The Balaban J connectivity index is 2.23. The fourth-order valence-electron chi connectivity index (χ4n) is 1.08. The molecule has 4 heteroatoms. The molecule has 0 saturated carbocycles. The zero-order valence-corrected chi connectivity index (χ0v) is 7.91. The molecule has 0 aliphatic heterocycles. The fourth-order valence-corrected chi connectivity index (χ4v) is 1.08. The van der Waals surface area contributed by atoms with Crippen molar-refractivity contribution in [2.24, 2.45) is 4.99 Å². The molecule has 2 aromatic rings. The second-order valence-electron chi connectivity index (χ2n) is 2.87. The monoisotopic (exact) mass is 199 g/mol. The van der Waals surface area contributed by atoms with Gasteiger partial charge >= 0.3 is 0 Å². The Morgan fingerprint density at radius 2 is 1.80 bits per heavy atom. The van der Waals surface area contributed by atoms with Crippen molar-refractivity contribution < 1.29 is 5.11 Å². The Morgan fingerprint density at radius 1 is 1.07 bits per heavy atom. The van der Waals surface area contributed by atoms with E-state index in [9.17, 15) is 5.11 Å². The molecule has 1 aromatic heterocycles. The third-order valence-electron chi connectivity index (χ3n) is 1.81. The summed E-state index contributed by atoms with van der Waals surface area (Å²) in [5.74, 6) is 0.568. The Morgan fingerprint density at radius 3 is 2.53 bits per heavy atom. The highest BCUT2D eigenvalue weighted by Gasteiger charge is 1.95. The number of aromatic nitrogens is 2. The fraction of sp³-hybridized carbons (Fsp3) is 0. The van der Waals surface area contributed by atoms with E-state index >= 15 is 0 Å². The minimum atomic E-state index is 0.192. The molecule has 4 nitrogen and oxygen atoms in total. The van der Waals surface area contributed by atoms with E-state index in [-0.39, 0.29) is 5.75 Å². The van der Waals surface area contributed by atoms with Crippen molar-refractivity contribution >= 4 is 12.2 Å². The first kappa shape index (κ1) is 9.33. The normalized spacial score (nSPS) is 10.7. The number of para-hydroxylation sites is 1. The van der Waals surface area contributed by atoms with Crippen LogP contribution in [0, 0.1) is 0 Å². The molecule has 1 aromatic carbocycles. The average molecular weight is 199 g/mol. The van der Waals surface area contributed by atoms with Crippen LogP contribution >= 0.6 is 0 Å². The van der Waals surface area contributed by atoms with Crippen LogP contribution in [0.4, 0.5) is 5.95 Å². The molecule has 0 fully saturated rings. The minimum absolute atomic E-state index is 0.192. The van der Waals surface area contributed by atoms with Gasteiger partial charge in [0.05, 0.1) is 0 Å². The Bertz CT molecular complexity index is 468. The SMILES string of the molecule is Oc1ccccc1/C=N/c1ncccn1. The summed E-state index contributed by atoms with van der Waals surface area (Å²) in [6, 6.07) is 8.67. The maximum atomic E-state index is 9.46. The number of phenols is 1. The Hall–Kier alpha value is -2.23. The molecule has 74 valence electrons. The lowest BCUT2D eigenvalue weighted by Gasteiger charge is -1.95. The maximum Gasteiger partial charge on any atom is 0.249 e. The van der Waals surface area contributed by atoms with Gasteiger partial charge in [-0.3, -0.25) is 0 Å². The lowest BCUT2D eigenvalue weighted by atomic mass is 10.2. The van der Waals surface area contributed by atoms with Crippen LogP contribution in [0.3, 0.4) is 0 Å². The van der Waals surface area contributed by atoms with E-state index in [0.717, 1.165) is 0 Å². The molecule has 0 aliphatic carbocycles. The van der Waals surface area contributed by atoms with Crippen LogP contribution in [0.15, 0.2) is 47.7 Å². The van der Waals surface area contributed by atoms with Crippen LogP contribution in [0.1, 0.15) is 5.56 Å². The number of aromatic hydroxyl groups is 1. The molecular weight excluding hydrogens is 190 g/mol. The summed E-state index contributed by atoms with van der Waals surface area (Å²) in [5.41, 5.74) is 0.643. The van der Waals surface area contributed by atoms with Crippen molar-refractivity contribution in [1.82, 2.24) is 9.97 Å². The zero-order chi connectivity index (χ0) is 10.5. The topological polar surface area (TPSA) is 58.4 Å². The van der Waals surface area contributed by atoms with Gasteiger partial charge in [-0.25, -0.2) is 15.0 Å². The van der Waals surface area contributed by atoms with Crippen molar-refractivity contribution in [2.45, 2.75) is 0 Å². The number of hydrogen-bond donors (Lipinski definition) is 1. The highest BCUT2D eigenvalue weighted by atomic mass is 16.3. The summed E-state index contributed by atoms with van der Waals surface area (Å²) < 4.78 is 0. The number of rotatable bonds is 2. The van der Waals surface area contributed by atoms with E-state index in [1.807, 2.05) is 6.07 Å². The van der Waals surface area contributed by atoms with Gasteiger partial charge in [0, 0.05) is 24.2 Å². The molecule has 0 saturated heterocycles. The lowest BCUT2D eigenvalue weighted by molar-refractivity contribution is 0.474. The molecule has 15 heavy (non-hydrogen) atoms. The molecule has 0 spiro atoms. The second kappa shape index (κ2) is 4.32. The standard InChI is InChI=1S/C11H9N3O/c15-10-5-2-1-4-9(10)8-14-11-12-6-3-7-13-11/h1-8,15H/b14-8+. The average Bonchev–Trinajstić information content (AvgIpc) is 2.29. The van der Waals surface area contributed by atoms with Crippen LogP contribution in [-0.2, 0) is 0 Å². The van der Waals surface area contributed by atoms with E-state index < -0.39 is 0 Å². The van der Waals surface area contributed by atoms with Gasteiger partial charge in [0.2, 0.25) is 5.95 Å². The molecule has 0 unspecified atom stereocenters. The van der Waals surface area contributed by atoms with Gasteiger partial charge in [-0.15, -0.1) is 0 Å². The predicted molar refractivity (Wildman–Crippen MR) is 57.4 cm³/mol. The maximum absolute atomic E-state index is 9.46. The first-order chi connectivity index (χ1) is 7.36. The first-order valence-corrected chi connectivity index (χ1v) is 4.45. The summed E-state index contributed by atoms with van der Waals surface area (Å²) in [7, 11) is 0. The van der Waals surface area contributed by atoms with E-state index in [4.69, 9.17) is 0 Å². The molecular formula is C11H9N3O. The van der Waals surface area contributed by atoms with Gasteiger partial charge in [0.1, 0.15) is 5.75 Å². The molecule has 0 radical (unpaired) electrons. The van der Waals surface area contributed by atoms with Crippen molar-refractivity contribution in [3.8, 4) is 5.75 Å². The van der Waals surface area contributed by atoms with Gasteiger partial charge in [-0.2, -0.15) is 0 Å². The van der Waals surface area contributed by atoms with Crippen LogP contribution in [0.25, 0.3) is 0 Å². The zero-order valence-electron chi connectivity index (χ0n) is 7.91. The highest BCUT2D eigenvalue weighted by Crippen LogP contribution is 2.13. The smallest absolute Gasteiger partial charge is 0.249 e. The van der Waals surface area contributed by atoms with Crippen molar-refractivity contribution in [3.63, 3.8) is 0 Å². The number of phenolic OH excluding ortho intramolecular Hbond substituents is 1. The first-order valence-electron chi connectivity index (χ1n) is 4.45. The van der Waals surface area contributed by atoms with Crippen LogP contribution in [0.5, 0.6) is 5.75 Å². The highest BCUT2D eigenvalue weighted by molar-refractivity contribution is 5.84. The number of aliphatic imine (C=N–C) groups is 1. The van der Waals surface area contributed by atoms with E-state index in [2.05, 4.69) is 15.0 Å². The molecule has 0 bridgehead atoms. The second-order valence-corrected chi connectivity index (χ2v) is 2.87. The third kappa shape index (κ3) is 2.37. The molecule has 0 amide bonds. The van der Waals surface area contributed by atoms with Gasteiger partial charge in [0.15, 0.2) is 0 Å². The van der Waals surface area contributed by atoms with Crippen molar-refractivity contribution in [2.75, 3.05) is 0 Å². The largest absolute Gasteiger partial charge is 0.507 e. The molecule has 1 N–H and O–H groups in total. The van der Waals surface area contributed by atoms with Crippen molar-refractivity contribution in [3.05, 3.63) is 48.3 Å². The van der Waals surface area contributed by atoms with Crippen molar-refractivity contribution in [1.29, 1.82) is 0 Å². The summed E-state index contributed by atoms with van der Waals surface area (Å²) in [4.78, 5) is 11.9. The summed E-state index contributed by atoms with van der Waals surface area (Å²) in [5, 5.41) is 9.46. The van der Waals surface area contributed by atoms with Gasteiger partial charge < -0.3 is 5.11 Å². The van der Waals surface area contributed by atoms with Crippen LogP contribution < -0.4 is 0 Å². The van der Waals surface area contributed by atoms with Gasteiger partial charge in [0.25, 0.3) is 0 Å². The lowest BCUT2D eigenvalue weighted by Crippen LogP contribution is -1.83. The number of nitrogens with zero attached hydrogens (tertiary/aromatic N) is 3. The predicted octanol–water partition coefficient (Wildman–Crippen LogP) is 1.93. The molecule has 0 aliphatic rings. The summed E-state index contributed by atoms with van der Waals surface area (Å²) in [6.45, 7) is 0. The van der Waals surface area contributed by atoms with Gasteiger partial charge in [-0.05, 0) is 18.2 Å². The molecule has 1 heterocycles. The number of benzene rings is 1. The van der Waals surface area contributed by atoms with Gasteiger partial charge in [-0.1, -0.05) is 12.1 Å². The number of hydrogen-bond acceptors (Lipinski definition) is 4. The van der Waals surface area contributed by atoms with Crippen LogP contribution in [0.2, 0.25) is 0 Å². The molecule has 0 atom stereocenters. The van der Waals surface area contributed by atoms with Crippen LogP contribution in [-0.4, -0.2) is 21.3 Å². The van der Waals surface area contributed by atoms with E-state index in [1.54, 1.807) is 36.7 Å².